The quantitative estimate of drug-likeness (QED) is 0.488. The topological polar surface area (TPSA) is 73.7 Å². The van der Waals surface area contributed by atoms with Crippen molar-refractivity contribution in [2.24, 2.45) is 0 Å². The molecule has 1 N–H and O–H groups in total. The minimum absolute atomic E-state index is 0.000893. The molecular formula is C21H22FN3O3. The van der Waals surface area contributed by atoms with Gasteiger partial charge in [0.05, 0.1) is 11.6 Å². The van der Waals surface area contributed by atoms with Gasteiger partial charge in [0.25, 0.3) is 11.7 Å². The monoisotopic (exact) mass is 383 g/mol. The van der Waals surface area contributed by atoms with Crippen molar-refractivity contribution in [1.29, 1.82) is 0 Å². The van der Waals surface area contributed by atoms with Crippen LogP contribution >= 0.6 is 0 Å². The van der Waals surface area contributed by atoms with Gasteiger partial charge in [-0.05, 0) is 62.5 Å². The SMILES string of the molecule is Cc1cc(/C(O)=C2/C(=O)C(=O)N(CCN(C)C)C2c2ccncc2)ccc1F. The molecule has 3 rings (SSSR count). The number of carbonyl (C=O) groups is 2. The summed E-state index contributed by atoms with van der Waals surface area (Å²) in [7, 11) is 3.75. The van der Waals surface area contributed by atoms with Crippen LogP contribution in [-0.4, -0.2) is 58.8 Å². The van der Waals surface area contributed by atoms with Crippen LogP contribution in [0.15, 0.2) is 48.3 Å². The number of aliphatic hydroxyl groups excluding tert-OH is 1. The Morgan fingerprint density at radius 2 is 1.89 bits per heavy atom. The third-order valence-corrected chi connectivity index (χ3v) is 4.78. The smallest absolute Gasteiger partial charge is 0.295 e. The zero-order valence-corrected chi connectivity index (χ0v) is 16.0. The van der Waals surface area contributed by atoms with Crippen molar-refractivity contribution in [3.05, 3.63) is 70.8 Å². The van der Waals surface area contributed by atoms with E-state index in [0.717, 1.165) is 0 Å². The fourth-order valence-electron chi connectivity index (χ4n) is 3.26. The standard InChI is InChI=1S/C21H22FN3O3/c1-13-12-15(4-5-16(13)22)19(26)17-18(14-6-8-23-9-7-14)25(11-10-24(2)3)21(28)20(17)27/h4-9,12,18,26H,10-11H2,1-3H3/b19-17-. The fourth-order valence-corrected chi connectivity index (χ4v) is 3.26. The van der Waals surface area contributed by atoms with Crippen LogP contribution in [0.3, 0.4) is 0 Å². The van der Waals surface area contributed by atoms with Crippen molar-refractivity contribution in [2.45, 2.75) is 13.0 Å². The molecule has 0 spiro atoms. The van der Waals surface area contributed by atoms with Gasteiger partial charge in [0.2, 0.25) is 0 Å². The van der Waals surface area contributed by atoms with Crippen LogP contribution in [0.5, 0.6) is 0 Å². The van der Waals surface area contributed by atoms with Crippen molar-refractivity contribution in [1.82, 2.24) is 14.8 Å². The largest absolute Gasteiger partial charge is 0.507 e. The van der Waals surface area contributed by atoms with Crippen LogP contribution in [0.4, 0.5) is 4.39 Å². The molecular weight excluding hydrogens is 361 g/mol. The Hall–Kier alpha value is -3.06. The van der Waals surface area contributed by atoms with Crippen molar-refractivity contribution >= 4 is 17.4 Å². The Labute approximate surface area is 162 Å². The van der Waals surface area contributed by atoms with Gasteiger partial charge in [0.15, 0.2) is 0 Å². The third-order valence-electron chi connectivity index (χ3n) is 4.78. The maximum atomic E-state index is 13.6. The highest BCUT2D eigenvalue weighted by Gasteiger charge is 2.45. The van der Waals surface area contributed by atoms with E-state index < -0.39 is 23.5 Å². The molecule has 1 aliphatic heterocycles. The molecule has 1 atom stereocenters. The highest BCUT2D eigenvalue weighted by molar-refractivity contribution is 6.46. The Morgan fingerprint density at radius 1 is 1.21 bits per heavy atom. The predicted molar refractivity (Wildman–Crippen MR) is 103 cm³/mol. The van der Waals surface area contributed by atoms with Crippen LogP contribution in [0.1, 0.15) is 22.7 Å². The number of aryl methyl sites for hydroxylation is 1. The average molecular weight is 383 g/mol. The zero-order chi connectivity index (χ0) is 20.4. The Balaban J connectivity index is 2.14. The molecule has 6 nitrogen and oxygen atoms in total. The lowest BCUT2D eigenvalue weighted by Crippen LogP contribution is -2.35. The lowest BCUT2D eigenvalue weighted by molar-refractivity contribution is -0.140. The van der Waals surface area contributed by atoms with Gasteiger partial charge in [0.1, 0.15) is 11.6 Å². The van der Waals surface area contributed by atoms with E-state index in [1.165, 1.54) is 23.1 Å². The second kappa shape index (κ2) is 7.90. The molecule has 146 valence electrons. The van der Waals surface area contributed by atoms with E-state index in [0.29, 0.717) is 29.8 Å². The van der Waals surface area contributed by atoms with Crippen LogP contribution in [0.25, 0.3) is 5.76 Å². The minimum atomic E-state index is -0.750. The zero-order valence-electron chi connectivity index (χ0n) is 16.0. The molecule has 1 unspecified atom stereocenters. The van der Waals surface area contributed by atoms with Gasteiger partial charge in [-0.3, -0.25) is 14.6 Å². The number of amides is 1. The Morgan fingerprint density at radius 3 is 2.50 bits per heavy atom. The van der Waals surface area contributed by atoms with Crippen LogP contribution < -0.4 is 0 Å². The Bertz CT molecular complexity index is 941. The number of Topliss-reactive ketones (excluding diaryl/α,β-unsaturated/α-hetero) is 1. The molecule has 2 aromatic rings. The molecule has 1 saturated heterocycles. The number of rotatable bonds is 5. The molecule has 1 aromatic heterocycles. The number of aromatic nitrogens is 1. The van der Waals surface area contributed by atoms with Gasteiger partial charge in [-0.25, -0.2) is 4.39 Å². The van der Waals surface area contributed by atoms with Crippen molar-refractivity contribution in [3.63, 3.8) is 0 Å². The minimum Gasteiger partial charge on any atom is -0.507 e. The van der Waals surface area contributed by atoms with E-state index in [2.05, 4.69) is 4.98 Å². The average Bonchev–Trinajstić information content (AvgIpc) is 2.93. The summed E-state index contributed by atoms with van der Waals surface area (Å²) in [5.41, 5.74) is 1.31. The number of likely N-dealkylation sites (tertiary alicyclic amines) is 1. The summed E-state index contributed by atoms with van der Waals surface area (Å²) in [4.78, 5) is 32.9. The lowest BCUT2D eigenvalue weighted by Gasteiger charge is -2.26. The molecule has 28 heavy (non-hydrogen) atoms. The van der Waals surface area contributed by atoms with Gasteiger partial charge in [0, 0.05) is 31.0 Å². The van der Waals surface area contributed by atoms with Gasteiger partial charge in [-0.2, -0.15) is 0 Å². The first-order valence-electron chi connectivity index (χ1n) is 8.91. The molecule has 7 heteroatoms. The normalized spacial score (nSPS) is 18.9. The number of nitrogens with zero attached hydrogens (tertiary/aromatic N) is 3. The van der Waals surface area contributed by atoms with Gasteiger partial charge < -0.3 is 14.9 Å². The fraction of sp³-hybridized carbons (Fsp3) is 0.286. The summed E-state index contributed by atoms with van der Waals surface area (Å²) >= 11 is 0. The number of aliphatic hydroxyl groups is 1. The van der Waals surface area contributed by atoms with E-state index in [4.69, 9.17) is 0 Å². The highest BCUT2D eigenvalue weighted by Crippen LogP contribution is 2.39. The second-order valence-electron chi connectivity index (χ2n) is 7.04. The van der Waals surface area contributed by atoms with E-state index in [1.54, 1.807) is 31.5 Å². The maximum absolute atomic E-state index is 13.6. The number of halogens is 1. The third kappa shape index (κ3) is 3.66. The van der Waals surface area contributed by atoms with Gasteiger partial charge in [-0.15, -0.1) is 0 Å². The Kier molecular flexibility index (Phi) is 5.56. The van der Waals surface area contributed by atoms with E-state index in [9.17, 15) is 19.1 Å². The van der Waals surface area contributed by atoms with Crippen molar-refractivity contribution < 1.29 is 19.1 Å². The number of likely N-dealkylation sites (N-methyl/N-ethyl adjacent to an activating group) is 1. The molecule has 0 radical (unpaired) electrons. The predicted octanol–water partition coefficient (Wildman–Crippen LogP) is 2.51. The maximum Gasteiger partial charge on any atom is 0.295 e. The molecule has 0 bridgehead atoms. The molecule has 1 aliphatic rings. The summed E-state index contributed by atoms with van der Waals surface area (Å²) < 4.78 is 13.6. The van der Waals surface area contributed by atoms with E-state index in [1.807, 2.05) is 19.0 Å². The van der Waals surface area contributed by atoms with Crippen LogP contribution in [-0.2, 0) is 9.59 Å². The molecule has 0 saturated carbocycles. The number of hydrogen-bond acceptors (Lipinski definition) is 5. The summed E-state index contributed by atoms with van der Waals surface area (Å²) in [6, 6.07) is 6.78. The first-order valence-corrected chi connectivity index (χ1v) is 8.91. The first kappa shape index (κ1) is 19.7. The number of ketones is 1. The number of benzene rings is 1. The van der Waals surface area contributed by atoms with Crippen LogP contribution in [0, 0.1) is 12.7 Å². The van der Waals surface area contributed by atoms with Gasteiger partial charge >= 0.3 is 0 Å². The van der Waals surface area contributed by atoms with E-state index >= 15 is 0 Å². The summed E-state index contributed by atoms with van der Waals surface area (Å²) in [6.07, 6.45) is 3.15. The second-order valence-corrected chi connectivity index (χ2v) is 7.04. The molecule has 1 fully saturated rings. The van der Waals surface area contributed by atoms with Crippen molar-refractivity contribution in [2.75, 3.05) is 27.2 Å². The van der Waals surface area contributed by atoms with Gasteiger partial charge in [-0.1, -0.05) is 0 Å². The first-order chi connectivity index (χ1) is 13.3. The van der Waals surface area contributed by atoms with Crippen molar-refractivity contribution in [3.8, 4) is 0 Å². The van der Waals surface area contributed by atoms with Crippen LogP contribution in [0.2, 0.25) is 0 Å². The summed E-state index contributed by atoms with van der Waals surface area (Å²) in [5, 5.41) is 10.9. The summed E-state index contributed by atoms with van der Waals surface area (Å²) in [5.74, 6) is -2.13. The number of carbonyl (C=O) groups excluding carboxylic acids is 2. The molecule has 1 amide bonds. The lowest BCUT2D eigenvalue weighted by atomic mass is 9.95. The van der Waals surface area contributed by atoms with E-state index in [-0.39, 0.29) is 11.3 Å². The molecule has 1 aromatic carbocycles. The summed E-state index contributed by atoms with van der Waals surface area (Å²) in [6.45, 7) is 2.45. The molecule has 0 aliphatic carbocycles. The number of pyridine rings is 1. The highest BCUT2D eigenvalue weighted by atomic mass is 19.1. The molecule has 2 heterocycles. The number of hydrogen-bond donors (Lipinski definition) is 1.